The van der Waals surface area contributed by atoms with Crippen molar-refractivity contribution in [1.82, 2.24) is 4.98 Å². The molecule has 0 unspecified atom stereocenters. The van der Waals surface area contributed by atoms with Gasteiger partial charge in [-0.25, -0.2) is 14.6 Å². The fourth-order valence-electron chi connectivity index (χ4n) is 1.24. The number of aromatic nitrogens is 1. The maximum Gasteiger partial charge on any atom is 0.356 e. The Morgan fingerprint density at radius 2 is 1.56 bits per heavy atom. The van der Waals surface area contributed by atoms with Crippen molar-refractivity contribution in [2.24, 2.45) is 0 Å². The molecule has 1 aromatic rings. The molecule has 98 valence electrons. The van der Waals surface area contributed by atoms with E-state index in [2.05, 4.69) is 4.98 Å². The number of hydrogen-bond acceptors (Lipinski definition) is 6. The van der Waals surface area contributed by atoms with Gasteiger partial charge in [-0.2, -0.15) is 0 Å². The average Bonchev–Trinajstić information content (AvgIpc) is 2.38. The van der Waals surface area contributed by atoms with Gasteiger partial charge in [-0.15, -0.1) is 11.8 Å². The van der Waals surface area contributed by atoms with Crippen LogP contribution in [0.5, 0.6) is 0 Å². The van der Waals surface area contributed by atoms with E-state index in [1.165, 1.54) is 11.8 Å². The molecule has 0 N–H and O–H groups in total. The topological polar surface area (TPSA) is 65.5 Å². The molecule has 0 bridgehead atoms. The first-order chi connectivity index (χ1) is 8.62. The molecule has 0 atom stereocenters. The first-order valence-corrected chi connectivity index (χ1v) is 6.75. The summed E-state index contributed by atoms with van der Waals surface area (Å²) in [5.74, 6) is -1.09. The highest BCUT2D eigenvalue weighted by Crippen LogP contribution is 2.18. The van der Waals surface area contributed by atoms with Crippen molar-refractivity contribution in [3.63, 3.8) is 0 Å². The highest BCUT2D eigenvalue weighted by molar-refractivity contribution is 7.98. The molecule has 5 nitrogen and oxygen atoms in total. The van der Waals surface area contributed by atoms with Crippen LogP contribution < -0.4 is 0 Å². The molecule has 0 fully saturated rings. The molecule has 0 spiro atoms. The van der Waals surface area contributed by atoms with E-state index in [4.69, 9.17) is 9.47 Å². The zero-order valence-electron chi connectivity index (χ0n) is 10.6. The van der Waals surface area contributed by atoms with E-state index in [-0.39, 0.29) is 24.6 Å². The van der Waals surface area contributed by atoms with Gasteiger partial charge in [0.1, 0.15) is 11.4 Å². The number of nitrogens with zero attached hydrogens (tertiary/aromatic N) is 1. The summed E-state index contributed by atoms with van der Waals surface area (Å²) in [5.41, 5.74) is 0.235. The van der Waals surface area contributed by atoms with Crippen molar-refractivity contribution in [3.8, 4) is 0 Å². The van der Waals surface area contributed by atoms with E-state index in [9.17, 15) is 9.59 Å². The predicted octanol–water partition coefficient (Wildman–Crippen LogP) is 2.16. The van der Waals surface area contributed by atoms with E-state index in [0.717, 1.165) is 4.90 Å². The molecule has 0 aromatic carbocycles. The van der Waals surface area contributed by atoms with Gasteiger partial charge in [0.25, 0.3) is 0 Å². The summed E-state index contributed by atoms with van der Waals surface area (Å²) in [6.07, 6.45) is 1.85. The Balaban J connectivity index is 3.08. The lowest BCUT2D eigenvalue weighted by Gasteiger charge is -2.06. The molecule has 0 aliphatic rings. The number of esters is 2. The summed E-state index contributed by atoms with van der Waals surface area (Å²) >= 11 is 1.41. The van der Waals surface area contributed by atoms with Crippen LogP contribution in [-0.2, 0) is 9.47 Å². The lowest BCUT2D eigenvalue weighted by molar-refractivity contribution is 0.0511. The molecule has 0 saturated heterocycles. The smallest absolute Gasteiger partial charge is 0.356 e. The molecule has 0 aliphatic carbocycles. The largest absolute Gasteiger partial charge is 0.461 e. The summed E-state index contributed by atoms with van der Waals surface area (Å²) in [6, 6.07) is 3.18. The number of pyridine rings is 1. The Hall–Kier alpha value is -1.56. The Morgan fingerprint density at radius 1 is 1.11 bits per heavy atom. The van der Waals surface area contributed by atoms with Crippen LogP contribution in [0.2, 0.25) is 0 Å². The van der Waals surface area contributed by atoms with Gasteiger partial charge >= 0.3 is 11.9 Å². The third kappa shape index (κ3) is 3.73. The summed E-state index contributed by atoms with van der Waals surface area (Å²) in [7, 11) is 0. The van der Waals surface area contributed by atoms with Crippen molar-refractivity contribution < 1.29 is 19.1 Å². The maximum absolute atomic E-state index is 11.6. The van der Waals surface area contributed by atoms with Gasteiger partial charge < -0.3 is 9.47 Å². The number of ether oxygens (including phenoxy) is 2. The number of rotatable bonds is 5. The maximum atomic E-state index is 11.6. The van der Waals surface area contributed by atoms with Gasteiger partial charge in [-0.1, -0.05) is 0 Å². The van der Waals surface area contributed by atoms with E-state index < -0.39 is 11.9 Å². The Morgan fingerprint density at radius 3 is 1.89 bits per heavy atom. The second-order valence-electron chi connectivity index (χ2n) is 3.22. The molecule has 18 heavy (non-hydrogen) atoms. The Bertz CT molecular complexity index is 411. The van der Waals surface area contributed by atoms with E-state index in [1.807, 2.05) is 6.26 Å². The van der Waals surface area contributed by atoms with Gasteiger partial charge in [0.05, 0.1) is 13.2 Å². The van der Waals surface area contributed by atoms with Crippen LogP contribution in [0.4, 0.5) is 0 Å². The fraction of sp³-hybridized carbons (Fsp3) is 0.417. The standard InChI is InChI=1S/C12H15NO4S/c1-4-16-11(14)9-6-8(18-3)7-10(13-9)12(15)17-5-2/h6-7H,4-5H2,1-3H3. The normalized spacial score (nSPS) is 9.94. The number of hydrogen-bond donors (Lipinski definition) is 0. The minimum Gasteiger partial charge on any atom is -0.461 e. The van der Waals surface area contributed by atoms with Crippen molar-refractivity contribution >= 4 is 23.7 Å². The van der Waals surface area contributed by atoms with Crippen LogP contribution in [0.1, 0.15) is 34.8 Å². The minimum absolute atomic E-state index is 0.117. The van der Waals surface area contributed by atoms with Crippen molar-refractivity contribution in [1.29, 1.82) is 0 Å². The van der Waals surface area contributed by atoms with Crippen LogP contribution in [0.25, 0.3) is 0 Å². The van der Waals surface area contributed by atoms with Crippen LogP contribution >= 0.6 is 11.8 Å². The van der Waals surface area contributed by atoms with Crippen LogP contribution in [0.15, 0.2) is 17.0 Å². The monoisotopic (exact) mass is 269 g/mol. The highest BCUT2D eigenvalue weighted by atomic mass is 32.2. The van der Waals surface area contributed by atoms with Crippen molar-refractivity contribution in [3.05, 3.63) is 23.5 Å². The van der Waals surface area contributed by atoms with Gasteiger partial charge in [-0.05, 0) is 32.2 Å². The lowest BCUT2D eigenvalue weighted by atomic mass is 10.3. The highest BCUT2D eigenvalue weighted by Gasteiger charge is 2.16. The second kappa shape index (κ2) is 7.00. The van der Waals surface area contributed by atoms with Gasteiger partial charge in [0.2, 0.25) is 0 Å². The molecule has 6 heteroatoms. The summed E-state index contributed by atoms with van der Waals surface area (Å²) in [4.78, 5) is 27.9. The Labute approximate surface area is 110 Å². The fourth-order valence-corrected chi connectivity index (χ4v) is 1.70. The second-order valence-corrected chi connectivity index (χ2v) is 4.10. The molecule has 1 rings (SSSR count). The molecule has 1 heterocycles. The molecule has 0 radical (unpaired) electrons. The van der Waals surface area contributed by atoms with E-state index in [1.54, 1.807) is 26.0 Å². The zero-order valence-corrected chi connectivity index (χ0v) is 11.4. The summed E-state index contributed by atoms with van der Waals surface area (Å²) in [6.45, 7) is 3.95. The molecular formula is C12H15NO4S. The number of carbonyl (C=O) groups is 2. The van der Waals surface area contributed by atoms with Crippen molar-refractivity contribution in [2.75, 3.05) is 19.5 Å². The van der Waals surface area contributed by atoms with Gasteiger partial charge in [0.15, 0.2) is 0 Å². The molecule has 1 aromatic heterocycles. The lowest BCUT2D eigenvalue weighted by Crippen LogP contribution is -2.13. The van der Waals surface area contributed by atoms with Crippen LogP contribution in [0, 0.1) is 0 Å². The predicted molar refractivity (Wildman–Crippen MR) is 67.9 cm³/mol. The summed E-state index contributed by atoms with van der Waals surface area (Å²) in [5, 5.41) is 0. The third-order valence-electron chi connectivity index (χ3n) is 2.00. The molecule has 0 saturated carbocycles. The van der Waals surface area contributed by atoms with E-state index >= 15 is 0 Å². The molecule has 0 aliphatic heterocycles. The summed E-state index contributed by atoms with van der Waals surface area (Å²) < 4.78 is 9.72. The van der Waals surface area contributed by atoms with Crippen LogP contribution in [0.3, 0.4) is 0 Å². The first-order valence-electron chi connectivity index (χ1n) is 5.52. The number of thioether (sulfide) groups is 1. The van der Waals surface area contributed by atoms with E-state index in [0.29, 0.717) is 0 Å². The quantitative estimate of drug-likeness (QED) is 0.603. The molecular weight excluding hydrogens is 254 g/mol. The zero-order chi connectivity index (χ0) is 13.5. The van der Waals surface area contributed by atoms with Gasteiger partial charge in [0, 0.05) is 4.90 Å². The third-order valence-corrected chi connectivity index (χ3v) is 2.71. The average molecular weight is 269 g/mol. The van der Waals surface area contributed by atoms with Crippen molar-refractivity contribution in [2.45, 2.75) is 18.7 Å². The van der Waals surface area contributed by atoms with Gasteiger partial charge in [-0.3, -0.25) is 0 Å². The van der Waals surface area contributed by atoms with Crippen LogP contribution in [-0.4, -0.2) is 36.4 Å². The SMILES string of the molecule is CCOC(=O)c1cc(SC)cc(C(=O)OCC)n1. The first kappa shape index (κ1) is 14.5. The minimum atomic E-state index is -0.543. The Kier molecular flexibility index (Phi) is 5.64. The molecule has 0 amide bonds. The number of carbonyl (C=O) groups excluding carboxylic acids is 2.